The van der Waals surface area contributed by atoms with Gasteiger partial charge in [0.05, 0.1) is 0 Å². The zero-order valence-electron chi connectivity index (χ0n) is 11.1. The van der Waals surface area contributed by atoms with Crippen LogP contribution in [-0.4, -0.2) is 30.1 Å². The summed E-state index contributed by atoms with van der Waals surface area (Å²) in [7, 11) is 3.92. The van der Waals surface area contributed by atoms with Gasteiger partial charge >= 0.3 is 0 Å². The molecule has 90 valence electrons. The Bertz CT molecular complexity index is 349. The third-order valence-corrected chi connectivity index (χ3v) is 3.08. The predicted octanol–water partition coefficient (Wildman–Crippen LogP) is 2.31. The van der Waals surface area contributed by atoms with E-state index in [0.717, 1.165) is 11.4 Å². The van der Waals surface area contributed by atoms with Crippen LogP contribution in [0.1, 0.15) is 26.3 Å². The second-order valence-corrected chi connectivity index (χ2v) is 4.55. The molecule has 0 aliphatic heterocycles. The molecule has 0 aromatic carbocycles. The average Bonchev–Trinajstić information content (AvgIpc) is 2.27. The number of aromatic nitrogens is 2. The molecule has 0 saturated heterocycles. The first-order valence-corrected chi connectivity index (χ1v) is 5.71. The highest BCUT2D eigenvalue weighted by molar-refractivity contribution is 5.48. The molecule has 0 aliphatic carbocycles. The normalized spacial score (nSPS) is 12.7. The molecule has 0 bridgehead atoms. The summed E-state index contributed by atoms with van der Waals surface area (Å²) >= 11 is 0. The van der Waals surface area contributed by atoms with Gasteiger partial charge in [0.2, 0.25) is 5.95 Å². The molecule has 0 amide bonds. The molecule has 0 saturated carbocycles. The Labute approximate surface area is 98.1 Å². The van der Waals surface area contributed by atoms with Gasteiger partial charge in [-0.2, -0.15) is 4.98 Å². The summed E-state index contributed by atoms with van der Waals surface area (Å²) in [5.74, 6) is 2.27. The minimum atomic E-state index is 0.457. The molecule has 4 nitrogen and oxygen atoms in total. The van der Waals surface area contributed by atoms with Gasteiger partial charge in [0.25, 0.3) is 0 Å². The largest absolute Gasteiger partial charge is 0.357 e. The van der Waals surface area contributed by atoms with Crippen molar-refractivity contribution in [2.75, 3.05) is 24.3 Å². The van der Waals surface area contributed by atoms with Crippen LogP contribution in [0.5, 0.6) is 0 Å². The smallest absolute Gasteiger partial charge is 0.224 e. The van der Waals surface area contributed by atoms with Gasteiger partial charge < -0.3 is 10.2 Å². The first-order valence-electron chi connectivity index (χ1n) is 5.71. The van der Waals surface area contributed by atoms with E-state index in [1.165, 1.54) is 0 Å². The van der Waals surface area contributed by atoms with Crippen LogP contribution in [0.25, 0.3) is 0 Å². The van der Waals surface area contributed by atoms with E-state index < -0.39 is 0 Å². The van der Waals surface area contributed by atoms with Crippen LogP contribution in [-0.2, 0) is 0 Å². The summed E-state index contributed by atoms with van der Waals surface area (Å²) in [4.78, 5) is 10.9. The highest BCUT2D eigenvalue weighted by Gasteiger charge is 2.17. The molecule has 1 aromatic heterocycles. The zero-order chi connectivity index (χ0) is 12.3. The molecule has 0 fully saturated rings. The SMILES string of the molecule is CNc1ncc(C)c(N(C)C(C)C(C)C)n1. The highest BCUT2D eigenvalue weighted by atomic mass is 15.2. The molecular formula is C12H22N4. The molecule has 0 aliphatic rings. The summed E-state index contributed by atoms with van der Waals surface area (Å²) < 4.78 is 0. The quantitative estimate of drug-likeness (QED) is 0.848. The van der Waals surface area contributed by atoms with Crippen molar-refractivity contribution in [2.45, 2.75) is 33.7 Å². The summed E-state index contributed by atoms with van der Waals surface area (Å²) in [5.41, 5.74) is 1.11. The molecule has 1 unspecified atom stereocenters. The minimum absolute atomic E-state index is 0.457. The number of rotatable bonds is 4. The molecule has 1 N–H and O–H groups in total. The number of aryl methyl sites for hydroxylation is 1. The van der Waals surface area contributed by atoms with Crippen molar-refractivity contribution in [1.82, 2.24) is 9.97 Å². The fraction of sp³-hybridized carbons (Fsp3) is 0.667. The van der Waals surface area contributed by atoms with Crippen LogP contribution in [0.3, 0.4) is 0 Å². The molecule has 1 aromatic rings. The van der Waals surface area contributed by atoms with Crippen LogP contribution in [0.15, 0.2) is 6.20 Å². The van der Waals surface area contributed by atoms with Gasteiger partial charge in [-0.05, 0) is 19.8 Å². The van der Waals surface area contributed by atoms with Gasteiger partial charge in [-0.1, -0.05) is 13.8 Å². The minimum Gasteiger partial charge on any atom is -0.357 e. The van der Waals surface area contributed by atoms with Crippen LogP contribution in [0.2, 0.25) is 0 Å². The maximum atomic E-state index is 4.50. The standard InChI is InChI=1S/C12H22N4/c1-8(2)10(4)16(6)11-9(3)7-14-12(13-5)15-11/h7-8,10H,1-6H3,(H,13,14,15). The number of nitrogens with one attached hydrogen (secondary N) is 1. The first kappa shape index (κ1) is 12.7. The van der Waals surface area contributed by atoms with Gasteiger partial charge in [-0.3, -0.25) is 0 Å². The Morgan fingerprint density at radius 1 is 1.31 bits per heavy atom. The first-order chi connectivity index (χ1) is 7.47. The van der Waals surface area contributed by atoms with E-state index in [-0.39, 0.29) is 0 Å². The maximum Gasteiger partial charge on any atom is 0.224 e. The second kappa shape index (κ2) is 5.14. The molecule has 0 radical (unpaired) electrons. The Kier molecular flexibility index (Phi) is 4.10. The molecule has 1 atom stereocenters. The van der Waals surface area contributed by atoms with Crippen molar-refractivity contribution in [3.05, 3.63) is 11.8 Å². The van der Waals surface area contributed by atoms with Crippen LogP contribution < -0.4 is 10.2 Å². The molecule has 4 heteroatoms. The van der Waals surface area contributed by atoms with Crippen molar-refractivity contribution in [2.24, 2.45) is 5.92 Å². The lowest BCUT2D eigenvalue weighted by atomic mass is 10.1. The highest BCUT2D eigenvalue weighted by Crippen LogP contribution is 2.21. The summed E-state index contributed by atoms with van der Waals surface area (Å²) in [6.07, 6.45) is 1.86. The van der Waals surface area contributed by atoms with E-state index in [9.17, 15) is 0 Å². The lowest BCUT2D eigenvalue weighted by Gasteiger charge is -2.30. The van der Waals surface area contributed by atoms with E-state index >= 15 is 0 Å². The topological polar surface area (TPSA) is 41.1 Å². The molecular weight excluding hydrogens is 200 g/mol. The van der Waals surface area contributed by atoms with E-state index in [0.29, 0.717) is 17.9 Å². The summed E-state index contributed by atoms with van der Waals surface area (Å²) in [6.45, 7) is 8.69. The van der Waals surface area contributed by atoms with E-state index in [1.54, 1.807) is 0 Å². The van der Waals surface area contributed by atoms with Gasteiger partial charge in [0, 0.05) is 31.9 Å². The van der Waals surface area contributed by atoms with Crippen LogP contribution in [0.4, 0.5) is 11.8 Å². The monoisotopic (exact) mass is 222 g/mol. The molecule has 16 heavy (non-hydrogen) atoms. The van der Waals surface area contributed by atoms with Crippen molar-refractivity contribution in [3.8, 4) is 0 Å². The summed E-state index contributed by atoms with van der Waals surface area (Å²) in [6, 6.07) is 0.457. The fourth-order valence-electron chi connectivity index (χ4n) is 1.55. The van der Waals surface area contributed by atoms with Crippen molar-refractivity contribution < 1.29 is 0 Å². The van der Waals surface area contributed by atoms with Gasteiger partial charge in [-0.15, -0.1) is 0 Å². The Morgan fingerprint density at radius 3 is 2.44 bits per heavy atom. The van der Waals surface area contributed by atoms with Gasteiger partial charge in [0.15, 0.2) is 0 Å². The van der Waals surface area contributed by atoms with E-state index in [1.807, 2.05) is 20.2 Å². The molecule has 1 heterocycles. The zero-order valence-corrected chi connectivity index (χ0v) is 11.1. The van der Waals surface area contributed by atoms with Crippen molar-refractivity contribution >= 4 is 11.8 Å². The number of hydrogen-bond acceptors (Lipinski definition) is 4. The van der Waals surface area contributed by atoms with Crippen molar-refractivity contribution in [3.63, 3.8) is 0 Å². The van der Waals surface area contributed by atoms with Gasteiger partial charge in [-0.25, -0.2) is 4.98 Å². The van der Waals surface area contributed by atoms with E-state index in [4.69, 9.17) is 0 Å². The third kappa shape index (κ3) is 2.62. The average molecular weight is 222 g/mol. The second-order valence-electron chi connectivity index (χ2n) is 4.55. The van der Waals surface area contributed by atoms with Crippen molar-refractivity contribution in [1.29, 1.82) is 0 Å². The Balaban J connectivity index is 3.02. The third-order valence-electron chi connectivity index (χ3n) is 3.08. The number of anilines is 2. The number of hydrogen-bond donors (Lipinski definition) is 1. The number of nitrogens with zero attached hydrogens (tertiary/aromatic N) is 3. The predicted molar refractivity (Wildman–Crippen MR) is 69.0 cm³/mol. The Hall–Kier alpha value is -1.32. The molecule has 0 spiro atoms. The lowest BCUT2D eigenvalue weighted by Crippen LogP contribution is -2.34. The van der Waals surface area contributed by atoms with Crippen LogP contribution in [0, 0.1) is 12.8 Å². The molecule has 1 rings (SSSR count). The fourth-order valence-corrected chi connectivity index (χ4v) is 1.55. The summed E-state index contributed by atoms with van der Waals surface area (Å²) in [5, 5.41) is 2.97. The lowest BCUT2D eigenvalue weighted by molar-refractivity contribution is 0.502. The van der Waals surface area contributed by atoms with E-state index in [2.05, 4.69) is 48.0 Å². The Morgan fingerprint density at radius 2 is 1.94 bits per heavy atom. The maximum absolute atomic E-state index is 4.50. The van der Waals surface area contributed by atoms with Crippen LogP contribution >= 0.6 is 0 Å². The van der Waals surface area contributed by atoms with Gasteiger partial charge in [0.1, 0.15) is 5.82 Å².